The summed E-state index contributed by atoms with van der Waals surface area (Å²) in [7, 11) is 0. The van der Waals surface area contributed by atoms with Gasteiger partial charge in [-0.15, -0.1) is 0 Å². The smallest absolute Gasteiger partial charge is 0.0819 e. The molecule has 0 aliphatic rings. The average molecular weight is 273 g/mol. The zero-order valence-corrected chi connectivity index (χ0v) is 11.4. The number of nitrogens with zero attached hydrogens (tertiary/aromatic N) is 3. The van der Waals surface area contributed by atoms with Crippen LogP contribution in [-0.4, -0.2) is 14.8 Å². The number of hydrogen-bond donors (Lipinski definition) is 1. The van der Waals surface area contributed by atoms with Crippen molar-refractivity contribution in [1.29, 1.82) is 0 Å². The van der Waals surface area contributed by atoms with Crippen LogP contribution in [0.4, 0.5) is 5.69 Å². The van der Waals surface area contributed by atoms with Gasteiger partial charge in [0.25, 0.3) is 0 Å². The Morgan fingerprint density at radius 1 is 1.21 bits per heavy atom. The number of halogens is 1. The Morgan fingerprint density at radius 2 is 2.00 bits per heavy atom. The second kappa shape index (κ2) is 4.24. The van der Waals surface area contributed by atoms with E-state index in [0.29, 0.717) is 10.7 Å². The molecular formula is C14H13ClN4. The molecule has 0 unspecified atom stereocenters. The number of benzene rings is 1. The van der Waals surface area contributed by atoms with E-state index in [2.05, 4.69) is 10.1 Å². The number of aryl methyl sites for hydroxylation is 2. The van der Waals surface area contributed by atoms with Crippen LogP contribution < -0.4 is 5.73 Å². The SMILES string of the molecule is Cc1cc(-n2cc(Cl)c(C)n2)c2cc(N)ccc2n1. The van der Waals surface area contributed by atoms with Gasteiger partial charge in [-0.05, 0) is 38.1 Å². The van der Waals surface area contributed by atoms with E-state index in [1.165, 1.54) is 0 Å². The van der Waals surface area contributed by atoms with Crippen molar-refractivity contribution >= 4 is 28.2 Å². The van der Waals surface area contributed by atoms with Gasteiger partial charge in [0.15, 0.2) is 0 Å². The first-order valence-corrected chi connectivity index (χ1v) is 6.31. The third kappa shape index (κ3) is 2.04. The maximum atomic E-state index is 6.08. The van der Waals surface area contributed by atoms with Crippen LogP contribution in [-0.2, 0) is 0 Å². The lowest BCUT2D eigenvalue weighted by Crippen LogP contribution is -1.99. The molecule has 1 aromatic carbocycles. The quantitative estimate of drug-likeness (QED) is 0.692. The van der Waals surface area contributed by atoms with Crippen molar-refractivity contribution in [1.82, 2.24) is 14.8 Å². The average Bonchev–Trinajstić information content (AvgIpc) is 2.69. The Balaban J connectivity index is 2.35. The van der Waals surface area contributed by atoms with Gasteiger partial charge in [-0.3, -0.25) is 4.98 Å². The summed E-state index contributed by atoms with van der Waals surface area (Å²) in [6.45, 7) is 3.83. The number of pyridine rings is 1. The number of nitrogens with two attached hydrogens (primary N) is 1. The van der Waals surface area contributed by atoms with Gasteiger partial charge in [0, 0.05) is 23.0 Å². The van der Waals surface area contributed by atoms with Gasteiger partial charge in [-0.1, -0.05) is 11.6 Å². The second-order valence-electron chi connectivity index (χ2n) is 4.57. The Morgan fingerprint density at radius 3 is 2.68 bits per heavy atom. The molecule has 0 fully saturated rings. The molecular weight excluding hydrogens is 260 g/mol. The van der Waals surface area contributed by atoms with Gasteiger partial charge in [0.05, 0.1) is 21.9 Å². The minimum atomic E-state index is 0.645. The Hall–Kier alpha value is -2.07. The fraction of sp³-hybridized carbons (Fsp3) is 0.143. The zero-order chi connectivity index (χ0) is 13.6. The highest BCUT2D eigenvalue weighted by molar-refractivity contribution is 6.31. The number of anilines is 1. The fourth-order valence-corrected chi connectivity index (χ4v) is 2.24. The molecule has 2 aromatic heterocycles. The molecule has 2 N–H and O–H groups in total. The van der Waals surface area contributed by atoms with Crippen LogP contribution in [0.5, 0.6) is 0 Å². The maximum Gasteiger partial charge on any atom is 0.0819 e. The summed E-state index contributed by atoms with van der Waals surface area (Å²) in [4.78, 5) is 4.50. The molecule has 0 spiro atoms. The fourth-order valence-electron chi connectivity index (χ4n) is 2.11. The van der Waals surface area contributed by atoms with Crippen molar-refractivity contribution < 1.29 is 0 Å². The molecule has 96 valence electrons. The Labute approximate surface area is 115 Å². The molecule has 2 heterocycles. The monoisotopic (exact) mass is 272 g/mol. The number of fused-ring (bicyclic) bond motifs is 1. The van der Waals surface area contributed by atoms with Crippen molar-refractivity contribution in [3.63, 3.8) is 0 Å². The normalized spacial score (nSPS) is 11.1. The molecule has 0 atom stereocenters. The Bertz CT molecular complexity index is 757. The first kappa shape index (κ1) is 12.0. The molecule has 0 amide bonds. The van der Waals surface area contributed by atoms with E-state index in [1.54, 1.807) is 10.9 Å². The second-order valence-corrected chi connectivity index (χ2v) is 4.97. The number of aromatic nitrogens is 3. The standard InChI is InChI=1S/C14H13ClN4/c1-8-5-14(19-7-12(15)9(2)18-19)11-6-10(16)3-4-13(11)17-8/h3-7H,16H2,1-2H3. The molecule has 0 bridgehead atoms. The summed E-state index contributed by atoms with van der Waals surface area (Å²) in [6, 6.07) is 7.64. The van der Waals surface area contributed by atoms with Crippen LogP contribution in [0.15, 0.2) is 30.5 Å². The highest BCUT2D eigenvalue weighted by Gasteiger charge is 2.09. The van der Waals surface area contributed by atoms with Gasteiger partial charge < -0.3 is 5.73 Å². The van der Waals surface area contributed by atoms with Crippen LogP contribution in [0.3, 0.4) is 0 Å². The maximum absolute atomic E-state index is 6.08. The minimum Gasteiger partial charge on any atom is -0.399 e. The number of rotatable bonds is 1. The largest absolute Gasteiger partial charge is 0.399 e. The van der Waals surface area contributed by atoms with Gasteiger partial charge >= 0.3 is 0 Å². The van der Waals surface area contributed by atoms with E-state index in [1.807, 2.05) is 38.1 Å². The predicted molar refractivity (Wildman–Crippen MR) is 77.8 cm³/mol. The summed E-state index contributed by atoms with van der Waals surface area (Å²) in [5.74, 6) is 0. The van der Waals surface area contributed by atoms with Gasteiger partial charge in [-0.25, -0.2) is 4.68 Å². The van der Waals surface area contributed by atoms with E-state index in [9.17, 15) is 0 Å². The van der Waals surface area contributed by atoms with E-state index in [-0.39, 0.29) is 0 Å². The summed E-state index contributed by atoms with van der Waals surface area (Å²) < 4.78 is 1.77. The van der Waals surface area contributed by atoms with Crippen molar-refractivity contribution in [3.8, 4) is 5.69 Å². The molecule has 5 heteroatoms. The highest BCUT2D eigenvalue weighted by Crippen LogP contribution is 2.25. The molecule has 0 aliphatic carbocycles. The molecule has 0 radical (unpaired) electrons. The lowest BCUT2D eigenvalue weighted by atomic mass is 10.1. The molecule has 3 rings (SSSR count). The van der Waals surface area contributed by atoms with Crippen LogP contribution in [0, 0.1) is 13.8 Å². The van der Waals surface area contributed by atoms with Crippen molar-refractivity contribution in [2.24, 2.45) is 0 Å². The molecule has 0 saturated heterocycles. The van der Waals surface area contributed by atoms with Crippen molar-refractivity contribution in [3.05, 3.63) is 46.9 Å². The number of hydrogen-bond acceptors (Lipinski definition) is 3. The first-order valence-electron chi connectivity index (χ1n) is 5.93. The number of nitrogen functional groups attached to an aromatic ring is 1. The first-order chi connectivity index (χ1) is 9.04. The molecule has 0 aliphatic heterocycles. The van der Waals surface area contributed by atoms with Crippen molar-refractivity contribution in [2.75, 3.05) is 5.73 Å². The third-order valence-corrected chi connectivity index (χ3v) is 3.40. The summed E-state index contributed by atoms with van der Waals surface area (Å²) in [5, 5.41) is 6.03. The topological polar surface area (TPSA) is 56.7 Å². The summed E-state index contributed by atoms with van der Waals surface area (Å²) in [5.41, 5.74) is 10.1. The predicted octanol–water partition coefficient (Wildman–Crippen LogP) is 3.27. The van der Waals surface area contributed by atoms with Crippen LogP contribution >= 0.6 is 11.6 Å². The summed E-state index contributed by atoms with van der Waals surface area (Å²) in [6.07, 6.45) is 1.80. The lowest BCUT2D eigenvalue weighted by molar-refractivity contribution is 0.866. The molecule has 3 aromatic rings. The van der Waals surface area contributed by atoms with E-state index in [0.717, 1.165) is 28.0 Å². The Kier molecular flexibility index (Phi) is 2.68. The molecule has 19 heavy (non-hydrogen) atoms. The van der Waals surface area contributed by atoms with E-state index in [4.69, 9.17) is 17.3 Å². The third-order valence-electron chi connectivity index (χ3n) is 3.02. The van der Waals surface area contributed by atoms with E-state index < -0.39 is 0 Å². The molecule has 4 nitrogen and oxygen atoms in total. The van der Waals surface area contributed by atoms with Crippen LogP contribution in [0.25, 0.3) is 16.6 Å². The zero-order valence-electron chi connectivity index (χ0n) is 10.7. The van der Waals surface area contributed by atoms with Gasteiger partial charge in [0.2, 0.25) is 0 Å². The van der Waals surface area contributed by atoms with Crippen molar-refractivity contribution in [2.45, 2.75) is 13.8 Å². The molecule has 0 saturated carbocycles. The lowest BCUT2D eigenvalue weighted by Gasteiger charge is -2.08. The van der Waals surface area contributed by atoms with Crippen LogP contribution in [0.1, 0.15) is 11.4 Å². The van der Waals surface area contributed by atoms with Gasteiger partial charge in [-0.2, -0.15) is 5.10 Å². The van der Waals surface area contributed by atoms with Gasteiger partial charge in [0.1, 0.15) is 0 Å². The van der Waals surface area contributed by atoms with Crippen LogP contribution in [0.2, 0.25) is 5.02 Å². The summed E-state index contributed by atoms with van der Waals surface area (Å²) >= 11 is 6.08. The van der Waals surface area contributed by atoms with E-state index >= 15 is 0 Å². The highest BCUT2D eigenvalue weighted by atomic mass is 35.5. The minimum absolute atomic E-state index is 0.645.